The summed E-state index contributed by atoms with van der Waals surface area (Å²) in [4.78, 5) is 10.3. The van der Waals surface area contributed by atoms with Crippen molar-refractivity contribution in [2.45, 2.75) is 0 Å². The standard InChI is InChI=1S/C7H2BrCl2FO/c8-4-1-5(9)6(10)7(11)3(4)2-12/h1-2H. The molecule has 0 amide bonds. The first-order valence-electron chi connectivity index (χ1n) is 2.86. The van der Waals surface area contributed by atoms with E-state index in [1.165, 1.54) is 6.07 Å². The molecule has 0 atom stereocenters. The number of halogens is 4. The van der Waals surface area contributed by atoms with E-state index < -0.39 is 5.82 Å². The fourth-order valence-corrected chi connectivity index (χ4v) is 1.66. The van der Waals surface area contributed by atoms with Gasteiger partial charge < -0.3 is 0 Å². The van der Waals surface area contributed by atoms with Crippen LogP contribution in [-0.4, -0.2) is 6.29 Å². The molecule has 0 unspecified atom stereocenters. The first-order chi connectivity index (χ1) is 5.57. The third-order valence-electron chi connectivity index (χ3n) is 1.27. The first-order valence-corrected chi connectivity index (χ1v) is 4.41. The zero-order valence-corrected chi connectivity index (χ0v) is 8.67. The summed E-state index contributed by atoms with van der Waals surface area (Å²) in [5, 5.41) is -0.159. The molecule has 1 rings (SSSR count). The average Bonchev–Trinajstić information content (AvgIpc) is 2.01. The molecule has 1 aromatic carbocycles. The second-order valence-electron chi connectivity index (χ2n) is 2.00. The van der Waals surface area contributed by atoms with Gasteiger partial charge in [0, 0.05) is 4.47 Å². The molecule has 12 heavy (non-hydrogen) atoms. The van der Waals surface area contributed by atoms with Crippen molar-refractivity contribution in [3.05, 3.63) is 32.0 Å². The van der Waals surface area contributed by atoms with Gasteiger partial charge in [-0.3, -0.25) is 4.79 Å². The predicted octanol–water partition coefficient (Wildman–Crippen LogP) is 3.71. The molecule has 0 fully saturated rings. The van der Waals surface area contributed by atoms with Crippen LogP contribution in [0.1, 0.15) is 10.4 Å². The van der Waals surface area contributed by atoms with Gasteiger partial charge >= 0.3 is 0 Å². The van der Waals surface area contributed by atoms with Gasteiger partial charge in [-0.2, -0.15) is 0 Å². The number of benzene rings is 1. The normalized spacial score (nSPS) is 10.0. The van der Waals surface area contributed by atoms with Crippen molar-refractivity contribution in [3.63, 3.8) is 0 Å². The van der Waals surface area contributed by atoms with E-state index in [0.29, 0.717) is 10.8 Å². The van der Waals surface area contributed by atoms with Gasteiger partial charge in [0.05, 0.1) is 15.6 Å². The van der Waals surface area contributed by atoms with Crippen LogP contribution in [0.2, 0.25) is 10.0 Å². The van der Waals surface area contributed by atoms with Crippen molar-refractivity contribution in [2.24, 2.45) is 0 Å². The summed E-state index contributed by atoms with van der Waals surface area (Å²) < 4.78 is 13.3. The fraction of sp³-hybridized carbons (Fsp3) is 0. The Labute approximate surface area is 86.6 Å². The van der Waals surface area contributed by atoms with E-state index in [1.807, 2.05) is 0 Å². The predicted molar refractivity (Wildman–Crippen MR) is 49.5 cm³/mol. The number of aldehydes is 1. The minimum atomic E-state index is -0.800. The van der Waals surface area contributed by atoms with E-state index >= 15 is 0 Å². The van der Waals surface area contributed by atoms with Gasteiger partial charge in [0.25, 0.3) is 0 Å². The van der Waals surface area contributed by atoms with E-state index in [1.54, 1.807) is 0 Å². The maximum Gasteiger partial charge on any atom is 0.154 e. The lowest BCUT2D eigenvalue weighted by Crippen LogP contribution is -1.91. The van der Waals surface area contributed by atoms with Crippen LogP contribution in [0.4, 0.5) is 4.39 Å². The van der Waals surface area contributed by atoms with Crippen LogP contribution < -0.4 is 0 Å². The third kappa shape index (κ3) is 1.63. The summed E-state index contributed by atoms with van der Waals surface area (Å²) in [6.45, 7) is 0. The van der Waals surface area contributed by atoms with Crippen molar-refractivity contribution >= 4 is 45.4 Å². The number of carbonyl (C=O) groups excluding carboxylic acids is 1. The van der Waals surface area contributed by atoms with Gasteiger partial charge in [-0.15, -0.1) is 0 Å². The van der Waals surface area contributed by atoms with Crippen LogP contribution in [0, 0.1) is 5.82 Å². The van der Waals surface area contributed by atoms with E-state index in [-0.39, 0.29) is 15.6 Å². The Morgan fingerprint density at radius 1 is 1.50 bits per heavy atom. The SMILES string of the molecule is O=Cc1c(Br)cc(Cl)c(Cl)c1F. The highest BCUT2D eigenvalue weighted by Gasteiger charge is 2.13. The van der Waals surface area contributed by atoms with Crippen molar-refractivity contribution in [1.82, 2.24) is 0 Å². The summed E-state index contributed by atoms with van der Waals surface area (Å²) in [5.74, 6) is -0.800. The van der Waals surface area contributed by atoms with Crippen molar-refractivity contribution in [1.29, 1.82) is 0 Å². The molecule has 0 aliphatic rings. The Bertz CT molecular complexity index is 341. The van der Waals surface area contributed by atoms with Gasteiger partial charge in [0.1, 0.15) is 0 Å². The average molecular weight is 272 g/mol. The molecular formula is C7H2BrCl2FO. The molecule has 0 aliphatic heterocycles. The highest BCUT2D eigenvalue weighted by molar-refractivity contribution is 9.10. The molecule has 64 valence electrons. The zero-order valence-electron chi connectivity index (χ0n) is 5.57. The van der Waals surface area contributed by atoms with Gasteiger partial charge in [0.2, 0.25) is 0 Å². The lowest BCUT2D eigenvalue weighted by Gasteiger charge is -2.02. The first kappa shape index (κ1) is 9.96. The van der Waals surface area contributed by atoms with Crippen LogP contribution in [0.15, 0.2) is 10.5 Å². The van der Waals surface area contributed by atoms with E-state index in [9.17, 15) is 9.18 Å². The number of carbonyl (C=O) groups is 1. The molecule has 0 spiro atoms. The summed E-state index contributed by atoms with van der Waals surface area (Å²) in [5.41, 5.74) is -0.121. The molecule has 5 heteroatoms. The van der Waals surface area contributed by atoms with Gasteiger partial charge in [0.15, 0.2) is 12.1 Å². The summed E-state index contributed by atoms with van der Waals surface area (Å²) in [7, 11) is 0. The molecule has 0 saturated heterocycles. The lowest BCUT2D eigenvalue weighted by molar-refractivity contribution is 0.111. The fourth-order valence-electron chi connectivity index (χ4n) is 0.688. The highest BCUT2D eigenvalue weighted by atomic mass is 79.9. The maximum atomic E-state index is 13.0. The minimum Gasteiger partial charge on any atom is -0.298 e. The van der Waals surface area contributed by atoms with Gasteiger partial charge in [-0.1, -0.05) is 23.2 Å². The summed E-state index contributed by atoms with van der Waals surface area (Å²) >= 11 is 14.0. The largest absolute Gasteiger partial charge is 0.298 e. The Kier molecular flexibility index (Phi) is 3.09. The Morgan fingerprint density at radius 3 is 2.58 bits per heavy atom. The number of hydrogen-bond acceptors (Lipinski definition) is 1. The maximum absolute atomic E-state index is 13.0. The van der Waals surface area contributed by atoms with Gasteiger partial charge in [-0.25, -0.2) is 4.39 Å². The van der Waals surface area contributed by atoms with E-state index in [4.69, 9.17) is 23.2 Å². The molecule has 0 saturated carbocycles. The Hall–Kier alpha value is -0.120. The monoisotopic (exact) mass is 270 g/mol. The second kappa shape index (κ2) is 3.73. The molecule has 0 heterocycles. The zero-order chi connectivity index (χ0) is 9.30. The van der Waals surface area contributed by atoms with Crippen LogP contribution in [0.5, 0.6) is 0 Å². The molecule has 1 aromatic rings. The number of hydrogen-bond donors (Lipinski definition) is 0. The molecule has 0 radical (unpaired) electrons. The molecule has 0 aromatic heterocycles. The molecular weight excluding hydrogens is 270 g/mol. The quantitative estimate of drug-likeness (QED) is 0.432. The molecule has 0 N–H and O–H groups in total. The molecule has 0 aliphatic carbocycles. The third-order valence-corrected chi connectivity index (χ3v) is 2.69. The van der Waals surface area contributed by atoms with Crippen molar-refractivity contribution < 1.29 is 9.18 Å². The summed E-state index contributed by atoms with van der Waals surface area (Å²) in [6.07, 6.45) is 0.377. The van der Waals surface area contributed by atoms with E-state index in [0.717, 1.165) is 0 Å². The van der Waals surface area contributed by atoms with Crippen LogP contribution in [0.25, 0.3) is 0 Å². The lowest BCUT2D eigenvalue weighted by atomic mass is 10.2. The van der Waals surface area contributed by atoms with Gasteiger partial charge in [-0.05, 0) is 22.0 Å². The van der Waals surface area contributed by atoms with Crippen molar-refractivity contribution in [3.8, 4) is 0 Å². The summed E-state index contributed by atoms with van der Waals surface area (Å²) in [6, 6.07) is 1.37. The van der Waals surface area contributed by atoms with Crippen LogP contribution in [0.3, 0.4) is 0 Å². The number of rotatable bonds is 1. The van der Waals surface area contributed by atoms with Crippen LogP contribution in [-0.2, 0) is 0 Å². The van der Waals surface area contributed by atoms with Crippen molar-refractivity contribution in [2.75, 3.05) is 0 Å². The highest BCUT2D eigenvalue weighted by Crippen LogP contribution is 2.31. The second-order valence-corrected chi connectivity index (χ2v) is 3.64. The van der Waals surface area contributed by atoms with E-state index in [2.05, 4.69) is 15.9 Å². The van der Waals surface area contributed by atoms with Crippen LogP contribution >= 0.6 is 39.1 Å². The topological polar surface area (TPSA) is 17.1 Å². The molecule has 0 bridgehead atoms. The smallest absolute Gasteiger partial charge is 0.154 e. The Balaban J connectivity index is 3.51. The minimum absolute atomic E-state index is 0.0756. The molecule has 1 nitrogen and oxygen atoms in total. The Morgan fingerprint density at radius 2 is 2.08 bits per heavy atom.